The first-order chi connectivity index (χ1) is 16.2. The molecule has 2 aromatic rings. The van der Waals surface area contributed by atoms with E-state index in [2.05, 4.69) is 37.8 Å². The van der Waals surface area contributed by atoms with Gasteiger partial charge < -0.3 is 26.0 Å². The van der Waals surface area contributed by atoms with Gasteiger partial charge in [-0.05, 0) is 37.8 Å². The van der Waals surface area contributed by atoms with Gasteiger partial charge in [-0.3, -0.25) is 9.59 Å². The molecule has 34 heavy (non-hydrogen) atoms. The minimum Gasteiger partial charge on any atom is -0.387 e. The van der Waals surface area contributed by atoms with E-state index in [4.69, 9.17) is 5.11 Å². The average Bonchev–Trinajstić information content (AvgIpc) is 2.79. The van der Waals surface area contributed by atoms with Gasteiger partial charge in [0.15, 0.2) is 0 Å². The minimum absolute atomic E-state index is 0.0582. The predicted octanol–water partition coefficient (Wildman–Crippen LogP) is 2.60. The number of anilines is 4. The fourth-order valence-corrected chi connectivity index (χ4v) is 3.45. The van der Waals surface area contributed by atoms with Gasteiger partial charge in [-0.1, -0.05) is 18.1 Å². The Kier molecular flexibility index (Phi) is 7.91. The molecule has 12 heteroatoms. The number of hydrogen-bond acceptors (Lipinski definition) is 7. The first-order valence-corrected chi connectivity index (χ1v) is 10.4. The monoisotopic (exact) mass is 476 g/mol. The second kappa shape index (κ2) is 10.8. The van der Waals surface area contributed by atoms with E-state index in [0.29, 0.717) is 25.6 Å². The van der Waals surface area contributed by atoms with Gasteiger partial charge in [0.05, 0.1) is 11.4 Å². The summed E-state index contributed by atoms with van der Waals surface area (Å²) in [4.78, 5) is 32.9. The van der Waals surface area contributed by atoms with Gasteiger partial charge in [0.1, 0.15) is 18.0 Å². The van der Waals surface area contributed by atoms with E-state index in [1.165, 1.54) is 24.0 Å². The molecule has 0 radical (unpaired) electrons. The average molecular weight is 476 g/mol. The van der Waals surface area contributed by atoms with Crippen LogP contribution in [0.15, 0.2) is 30.5 Å². The topological polar surface area (TPSA) is 119 Å². The van der Waals surface area contributed by atoms with Crippen LogP contribution < -0.4 is 16.0 Å². The standard InChI is InChI=1S/C22H23F3N6O3/c1-2-6-18(33)28-16-8-3-4-9-17(16)29-20-15(22(23,24)25)11-26-21(30-20)27-14-7-5-10-31(12-14)19(34)13-32/h3-4,8-9,11,14,32H,5,7,10,12-13H2,1H3,(H,28,33)(H2,26,27,29,30). The van der Waals surface area contributed by atoms with Gasteiger partial charge in [0.25, 0.3) is 5.91 Å². The molecule has 1 aromatic heterocycles. The van der Waals surface area contributed by atoms with E-state index in [0.717, 1.165) is 0 Å². The number of likely N-dealkylation sites (tertiary alicyclic amines) is 1. The lowest BCUT2D eigenvalue weighted by Crippen LogP contribution is -2.46. The highest BCUT2D eigenvalue weighted by Gasteiger charge is 2.36. The highest BCUT2D eigenvalue weighted by molar-refractivity contribution is 6.05. The van der Waals surface area contributed by atoms with Crippen molar-refractivity contribution in [1.82, 2.24) is 14.9 Å². The summed E-state index contributed by atoms with van der Waals surface area (Å²) >= 11 is 0. The molecule has 0 bridgehead atoms. The number of aliphatic hydroxyl groups excluding tert-OH is 1. The number of aromatic nitrogens is 2. The van der Waals surface area contributed by atoms with Crippen molar-refractivity contribution >= 4 is 35.0 Å². The van der Waals surface area contributed by atoms with Crippen LogP contribution in [0.2, 0.25) is 0 Å². The molecule has 1 aromatic carbocycles. The number of halogens is 3. The summed E-state index contributed by atoms with van der Waals surface area (Å²) in [5.74, 6) is 3.15. The van der Waals surface area contributed by atoms with Gasteiger partial charge in [-0.2, -0.15) is 18.2 Å². The Morgan fingerprint density at radius 2 is 2.00 bits per heavy atom. The van der Waals surface area contributed by atoms with E-state index in [1.807, 2.05) is 0 Å². The number of hydrogen-bond donors (Lipinski definition) is 4. The van der Waals surface area contributed by atoms with Crippen LogP contribution in [0.4, 0.5) is 36.3 Å². The lowest BCUT2D eigenvalue weighted by atomic mass is 10.1. The zero-order chi connectivity index (χ0) is 24.7. The zero-order valence-corrected chi connectivity index (χ0v) is 18.2. The molecule has 1 atom stereocenters. The first-order valence-electron chi connectivity index (χ1n) is 10.4. The van der Waals surface area contributed by atoms with Gasteiger partial charge in [-0.15, -0.1) is 0 Å². The number of carbonyl (C=O) groups is 2. The van der Waals surface area contributed by atoms with Crippen LogP contribution in [0.25, 0.3) is 0 Å². The molecule has 180 valence electrons. The molecule has 0 saturated carbocycles. The molecule has 1 aliphatic rings. The Morgan fingerprint density at radius 1 is 1.26 bits per heavy atom. The zero-order valence-electron chi connectivity index (χ0n) is 18.2. The van der Waals surface area contributed by atoms with Crippen LogP contribution >= 0.6 is 0 Å². The molecule has 1 unspecified atom stereocenters. The van der Waals surface area contributed by atoms with E-state index < -0.39 is 36.0 Å². The van der Waals surface area contributed by atoms with Crippen molar-refractivity contribution in [2.75, 3.05) is 35.6 Å². The third-order valence-corrected chi connectivity index (χ3v) is 5.00. The van der Waals surface area contributed by atoms with Crippen LogP contribution in [0.5, 0.6) is 0 Å². The third kappa shape index (κ3) is 6.35. The Morgan fingerprint density at radius 3 is 2.68 bits per heavy atom. The van der Waals surface area contributed by atoms with Crippen molar-refractivity contribution in [3.63, 3.8) is 0 Å². The molecular formula is C22H23F3N6O3. The number of nitrogens with one attached hydrogen (secondary N) is 3. The smallest absolute Gasteiger partial charge is 0.387 e. The molecule has 0 spiro atoms. The number of para-hydroxylation sites is 2. The van der Waals surface area contributed by atoms with Crippen LogP contribution in [-0.2, 0) is 15.8 Å². The highest BCUT2D eigenvalue weighted by Crippen LogP contribution is 2.36. The number of benzene rings is 1. The minimum atomic E-state index is -4.73. The summed E-state index contributed by atoms with van der Waals surface area (Å²) in [6, 6.07) is 5.91. The van der Waals surface area contributed by atoms with Crippen molar-refractivity contribution in [3.8, 4) is 11.8 Å². The molecule has 9 nitrogen and oxygen atoms in total. The quantitative estimate of drug-likeness (QED) is 0.473. The Bertz CT molecular complexity index is 1110. The molecule has 2 amide bonds. The summed E-state index contributed by atoms with van der Waals surface area (Å²) in [7, 11) is 0. The van der Waals surface area contributed by atoms with Crippen molar-refractivity contribution in [2.45, 2.75) is 32.0 Å². The normalized spacial score (nSPS) is 15.7. The van der Waals surface area contributed by atoms with E-state index in [1.54, 1.807) is 12.1 Å². The fraction of sp³-hybridized carbons (Fsp3) is 0.364. The molecule has 2 heterocycles. The van der Waals surface area contributed by atoms with Crippen LogP contribution in [0.3, 0.4) is 0 Å². The maximum absolute atomic E-state index is 13.6. The number of piperidine rings is 1. The molecule has 1 aliphatic heterocycles. The van der Waals surface area contributed by atoms with Crippen LogP contribution in [0.1, 0.15) is 25.3 Å². The Balaban J connectivity index is 1.87. The summed E-state index contributed by atoms with van der Waals surface area (Å²) < 4.78 is 40.9. The maximum Gasteiger partial charge on any atom is 0.421 e. The number of rotatable bonds is 6. The van der Waals surface area contributed by atoms with E-state index in [-0.39, 0.29) is 29.9 Å². The number of carbonyl (C=O) groups excluding carboxylic acids is 2. The Hall–Kier alpha value is -3.85. The molecule has 1 saturated heterocycles. The summed E-state index contributed by atoms with van der Waals surface area (Å²) in [5, 5.41) is 17.2. The number of aliphatic hydroxyl groups is 1. The van der Waals surface area contributed by atoms with Crippen molar-refractivity contribution < 1.29 is 27.9 Å². The van der Waals surface area contributed by atoms with Crippen LogP contribution in [-0.4, -0.2) is 57.5 Å². The molecule has 4 N–H and O–H groups in total. The first kappa shape index (κ1) is 24.8. The summed E-state index contributed by atoms with van der Waals surface area (Å²) in [5.41, 5.74) is -0.684. The number of nitrogens with zero attached hydrogens (tertiary/aromatic N) is 3. The lowest BCUT2D eigenvalue weighted by molar-refractivity contribution is -0.137. The highest BCUT2D eigenvalue weighted by atomic mass is 19.4. The second-order valence-corrected chi connectivity index (χ2v) is 7.43. The molecule has 1 fully saturated rings. The molecule has 0 aliphatic carbocycles. The van der Waals surface area contributed by atoms with E-state index >= 15 is 0 Å². The maximum atomic E-state index is 13.6. The largest absolute Gasteiger partial charge is 0.421 e. The second-order valence-electron chi connectivity index (χ2n) is 7.43. The predicted molar refractivity (Wildman–Crippen MR) is 119 cm³/mol. The fourth-order valence-electron chi connectivity index (χ4n) is 3.45. The molecule has 3 rings (SSSR count). The summed E-state index contributed by atoms with van der Waals surface area (Å²) in [6.07, 6.45) is -2.76. The van der Waals surface area contributed by atoms with E-state index in [9.17, 15) is 22.8 Å². The number of amides is 2. The van der Waals surface area contributed by atoms with Gasteiger partial charge in [0, 0.05) is 25.3 Å². The lowest BCUT2D eigenvalue weighted by Gasteiger charge is -2.32. The van der Waals surface area contributed by atoms with Gasteiger partial charge >= 0.3 is 6.18 Å². The SMILES string of the molecule is CC#CC(=O)Nc1ccccc1Nc1nc(NC2CCCN(C(=O)CO)C2)ncc1C(F)(F)F. The van der Waals surface area contributed by atoms with Crippen molar-refractivity contribution in [3.05, 3.63) is 36.0 Å². The Labute approximate surface area is 193 Å². The molecular weight excluding hydrogens is 453 g/mol. The van der Waals surface area contributed by atoms with Crippen molar-refractivity contribution in [2.24, 2.45) is 0 Å². The van der Waals surface area contributed by atoms with Crippen molar-refractivity contribution in [1.29, 1.82) is 0 Å². The summed E-state index contributed by atoms with van der Waals surface area (Å²) in [6.45, 7) is 1.63. The third-order valence-electron chi connectivity index (χ3n) is 5.00. The van der Waals surface area contributed by atoms with Gasteiger partial charge in [0.2, 0.25) is 11.9 Å². The van der Waals surface area contributed by atoms with Crippen LogP contribution in [0, 0.1) is 11.8 Å². The number of alkyl halides is 3. The van der Waals surface area contributed by atoms with Gasteiger partial charge in [-0.25, -0.2) is 4.98 Å².